The van der Waals surface area contributed by atoms with E-state index < -0.39 is 0 Å². The van der Waals surface area contributed by atoms with Gasteiger partial charge >= 0.3 is 0 Å². The van der Waals surface area contributed by atoms with Crippen LogP contribution in [0.2, 0.25) is 0 Å². The van der Waals surface area contributed by atoms with Crippen molar-refractivity contribution in [1.82, 2.24) is 5.32 Å². The van der Waals surface area contributed by atoms with Gasteiger partial charge in [0.25, 0.3) is 0 Å². The van der Waals surface area contributed by atoms with Gasteiger partial charge in [-0.3, -0.25) is 4.79 Å². The van der Waals surface area contributed by atoms with Crippen molar-refractivity contribution in [2.24, 2.45) is 5.92 Å². The van der Waals surface area contributed by atoms with E-state index in [1.807, 2.05) is 24.3 Å². The van der Waals surface area contributed by atoms with E-state index in [0.717, 1.165) is 43.4 Å². The largest absolute Gasteiger partial charge is 0.492 e. The van der Waals surface area contributed by atoms with Crippen molar-refractivity contribution >= 4 is 17.5 Å². The molecule has 0 radical (unpaired) electrons. The maximum Gasteiger partial charge on any atom is 0.227 e. The maximum atomic E-state index is 12.5. The number of fused-ring (bicyclic) bond motifs is 1. The number of amides is 1. The second-order valence-corrected chi connectivity index (χ2v) is 6.20. The van der Waals surface area contributed by atoms with E-state index in [-0.39, 0.29) is 17.4 Å². The number of carbonyl (C=O) groups excluding carboxylic acids is 1. The number of alkyl halides is 1. The third-order valence-electron chi connectivity index (χ3n) is 4.45. The Morgan fingerprint density at radius 3 is 2.85 bits per heavy atom. The van der Waals surface area contributed by atoms with Gasteiger partial charge in [-0.1, -0.05) is 31.0 Å². The molecule has 1 aromatic carbocycles. The average Bonchev–Trinajstić information content (AvgIpc) is 2.96. The Bertz CT molecular complexity index is 497. The van der Waals surface area contributed by atoms with Gasteiger partial charge < -0.3 is 10.1 Å². The zero-order chi connectivity index (χ0) is 14.0. The number of para-hydroxylation sites is 1. The summed E-state index contributed by atoms with van der Waals surface area (Å²) in [7, 11) is 0. The predicted molar refractivity (Wildman–Crippen MR) is 79.2 cm³/mol. The standard InChI is InChI=1S/C16H20ClNO2/c17-11-16(7-3-4-8-16)18-15(19)13-9-12-5-1-2-6-14(12)20-10-13/h1-2,5-6,13H,3-4,7-11H2,(H,18,19). The summed E-state index contributed by atoms with van der Waals surface area (Å²) in [6.45, 7) is 0.460. The summed E-state index contributed by atoms with van der Waals surface area (Å²) in [6, 6.07) is 7.93. The molecule has 2 aliphatic rings. The fourth-order valence-corrected chi connectivity index (χ4v) is 3.54. The lowest BCUT2D eigenvalue weighted by molar-refractivity contribution is -0.128. The third kappa shape index (κ3) is 2.64. The first kappa shape index (κ1) is 13.7. The molecule has 108 valence electrons. The summed E-state index contributed by atoms with van der Waals surface area (Å²) in [5.41, 5.74) is 0.931. The van der Waals surface area contributed by atoms with E-state index in [0.29, 0.717) is 12.5 Å². The van der Waals surface area contributed by atoms with Gasteiger partial charge in [0, 0.05) is 5.88 Å². The van der Waals surface area contributed by atoms with Crippen molar-refractivity contribution < 1.29 is 9.53 Å². The SMILES string of the molecule is O=C(NC1(CCl)CCCC1)C1COc2ccccc2C1. The summed E-state index contributed by atoms with van der Waals surface area (Å²) in [4.78, 5) is 12.5. The van der Waals surface area contributed by atoms with E-state index in [9.17, 15) is 4.79 Å². The predicted octanol–water partition coefficient (Wildman–Crippen LogP) is 2.91. The highest BCUT2D eigenvalue weighted by molar-refractivity contribution is 6.18. The first-order chi connectivity index (χ1) is 9.72. The number of rotatable bonds is 3. The first-order valence-corrected chi connectivity index (χ1v) is 7.85. The third-order valence-corrected chi connectivity index (χ3v) is 4.97. The van der Waals surface area contributed by atoms with E-state index in [1.165, 1.54) is 0 Å². The molecular formula is C16H20ClNO2. The minimum atomic E-state index is -0.185. The Morgan fingerprint density at radius 2 is 2.10 bits per heavy atom. The van der Waals surface area contributed by atoms with Gasteiger partial charge in [0.05, 0.1) is 11.5 Å². The number of halogens is 1. The van der Waals surface area contributed by atoms with Gasteiger partial charge in [-0.25, -0.2) is 0 Å². The summed E-state index contributed by atoms with van der Waals surface area (Å²) < 4.78 is 5.69. The molecule has 1 fully saturated rings. The lowest BCUT2D eigenvalue weighted by Crippen LogP contribution is -2.51. The maximum absolute atomic E-state index is 12.5. The quantitative estimate of drug-likeness (QED) is 0.870. The van der Waals surface area contributed by atoms with Crippen LogP contribution in [0.4, 0.5) is 0 Å². The Kier molecular flexibility index (Phi) is 3.88. The fourth-order valence-electron chi connectivity index (χ4n) is 3.20. The molecule has 0 aromatic heterocycles. The second kappa shape index (κ2) is 5.65. The average molecular weight is 294 g/mol. The fraction of sp³-hybridized carbons (Fsp3) is 0.562. The molecule has 0 bridgehead atoms. The Morgan fingerprint density at radius 1 is 1.35 bits per heavy atom. The van der Waals surface area contributed by atoms with Gasteiger partial charge in [-0.15, -0.1) is 11.6 Å². The highest BCUT2D eigenvalue weighted by Gasteiger charge is 2.37. The number of carbonyl (C=O) groups is 1. The molecule has 1 saturated carbocycles. The molecule has 0 spiro atoms. The van der Waals surface area contributed by atoms with Crippen molar-refractivity contribution in [3.8, 4) is 5.75 Å². The van der Waals surface area contributed by atoms with Crippen LogP contribution in [0.5, 0.6) is 5.75 Å². The van der Waals surface area contributed by atoms with Crippen LogP contribution in [-0.4, -0.2) is 23.9 Å². The number of hydrogen-bond donors (Lipinski definition) is 1. The van der Waals surface area contributed by atoms with Gasteiger partial charge in [-0.05, 0) is 30.9 Å². The number of hydrogen-bond acceptors (Lipinski definition) is 2. The summed E-state index contributed by atoms with van der Waals surface area (Å²) >= 11 is 6.08. The van der Waals surface area contributed by atoms with Crippen molar-refractivity contribution in [2.75, 3.05) is 12.5 Å². The van der Waals surface area contributed by atoms with E-state index in [4.69, 9.17) is 16.3 Å². The van der Waals surface area contributed by atoms with Crippen molar-refractivity contribution in [3.63, 3.8) is 0 Å². The Labute approximate surface area is 124 Å². The molecular weight excluding hydrogens is 274 g/mol. The molecule has 1 atom stereocenters. The van der Waals surface area contributed by atoms with E-state index in [1.54, 1.807) is 0 Å². The lowest BCUT2D eigenvalue weighted by Gasteiger charge is -2.32. The minimum absolute atomic E-state index is 0.0852. The molecule has 20 heavy (non-hydrogen) atoms. The van der Waals surface area contributed by atoms with Gasteiger partial charge in [0.2, 0.25) is 5.91 Å². The number of benzene rings is 1. The van der Waals surface area contributed by atoms with Gasteiger partial charge in [-0.2, -0.15) is 0 Å². The highest BCUT2D eigenvalue weighted by atomic mass is 35.5. The number of nitrogens with one attached hydrogen (secondary N) is 1. The van der Waals surface area contributed by atoms with E-state index in [2.05, 4.69) is 5.32 Å². The molecule has 1 aromatic rings. The minimum Gasteiger partial charge on any atom is -0.492 e. The van der Waals surface area contributed by atoms with Crippen LogP contribution >= 0.6 is 11.6 Å². The van der Waals surface area contributed by atoms with Gasteiger partial charge in [0.15, 0.2) is 0 Å². The van der Waals surface area contributed by atoms with Crippen molar-refractivity contribution in [3.05, 3.63) is 29.8 Å². The van der Waals surface area contributed by atoms with Crippen LogP contribution in [0.25, 0.3) is 0 Å². The van der Waals surface area contributed by atoms with Gasteiger partial charge in [0.1, 0.15) is 12.4 Å². The van der Waals surface area contributed by atoms with Crippen LogP contribution in [0.3, 0.4) is 0 Å². The highest BCUT2D eigenvalue weighted by Crippen LogP contribution is 2.32. The lowest BCUT2D eigenvalue weighted by atomic mass is 9.93. The topological polar surface area (TPSA) is 38.3 Å². The molecule has 1 amide bonds. The van der Waals surface area contributed by atoms with Crippen molar-refractivity contribution in [2.45, 2.75) is 37.6 Å². The zero-order valence-electron chi connectivity index (χ0n) is 11.5. The zero-order valence-corrected chi connectivity index (χ0v) is 12.3. The second-order valence-electron chi connectivity index (χ2n) is 5.93. The van der Waals surface area contributed by atoms with Crippen molar-refractivity contribution in [1.29, 1.82) is 0 Å². The van der Waals surface area contributed by atoms with E-state index >= 15 is 0 Å². The summed E-state index contributed by atoms with van der Waals surface area (Å²) in [5, 5.41) is 3.19. The Balaban J connectivity index is 1.67. The Hall–Kier alpha value is -1.22. The molecule has 1 unspecified atom stereocenters. The summed E-state index contributed by atoms with van der Waals surface area (Å²) in [5.74, 6) is 1.39. The molecule has 1 aliphatic carbocycles. The van der Waals surface area contributed by atoms with Crippen LogP contribution < -0.4 is 10.1 Å². The molecule has 3 nitrogen and oxygen atoms in total. The molecule has 1 aliphatic heterocycles. The molecule has 1 N–H and O–H groups in total. The monoisotopic (exact) mass is 293 g/mol. The van der Waals surface area contributed by atoms with Crippen LogP contribution in [0, 0.1) is 5.92 Å². The number of ether oxygens (including phenoxy) is 1. The molecule has 3 rings (SSSR count). The molecule has 4 heteroatoms. The normalized spacial score (nSPS) is 23.8. The molecule has 1 heterocycles. The molecule has 0 saturated heterocycles. The smallest absolute Gasteiger partial charge is 0.227 e. The van der Waals surface area contributed by atoms with Crippen LogP contribution in [0.1, 0.15) is 31.2 Å². The van der Waals surface area contributed by atoms with Crippen LogP contribution in [0.15, 0.2) is 24.3 Å². The first-order valence-electron chi connectivity index (χ1n) is 7.31. The summed E-state index contributed by atoms with van der Waals surface area (Å²) in [6.07, 6.45) is 5.03. The van der Waals surface area contributed by atoms with Crippen LogP contribution in [-0.2, 0) is 11.2 Å².